The molecule has 0 aliphatic heterocycles. The summed E-state index contributed by atoms with van der Waals surface area (Å²) in [6, 6.07) is 29.3. The van der Waals surface area contributed by atoms with Crippen LogP contribution in [0.15, 0.2) is 119 Å². The van der Waals surface area contributed by atoms with Crippen molar-refractivity contribution in [3.05, 3.63) is 131 Å². The number of ketones is 1. The van der Waals surface area contributed by atoms with Crippen molar-refractivity contribution in [2.45, 2.75) is 9.79 Å². The van der Waals surface area contributed by atoms with Crippen molar-refractivity contribution < 1.29 is 30.7 Å². The number of hydrogen-bond acceptors (Lipinski definition) is 5. The molecule has 0 heterocycles. The summed E-state index contributed by atoms with van der Waals surface area (Å²) in [7, 11) is -8.85. The minimum Gasteiger partial charge on any atom is -0.289 e. The summed E-state index contributed by atoms with van der Waals surface area (Å²) in [5, 5.41) is 0. The van der Waals surface area contributed by atoms with E-state index in [9.17, 15) is 30.7 Å². The Morgan fingerprint density at radius 2 is 0.684 bits per heavy atom. The molecule has 1 aliphatic rings. The molecule has 0 spiro atoms. The molecular weight excluding hydrogens is 524 g/mol. The van der Waals surface area contributed by atoms with Gasteiger partial charge in [-0.15, -0.1) is 0 Å². The van der Waals surface area contributed by atoms with E-state index in [2.05, 4.69) is 0 Å². The maximum Gasteiger partial charge on any atom is 0.294 e. The van der Waals surface area contributed by atoms with E-state index in [-0.39, 0.29) is 15.6 Å². The summed E-state index contributed by atoms with van der Waals surface area (Å²) in [6.07, 6.45) is 0. The van der Waals surface area contributed by atoms with Gasteiger partial charge in [-0.3, -0.25) is 13.9 Å². The Balaban J connectivity index is 1.81. The van der Waals surface area contributed by atoms with Gasteiger partial charge in [0.2, 0.25) is 0 Å². The van der Waals surface area contributed by atoms with E-state index in [1.807, 2.05) is 60.7 Å². The summed E-state index contributed by atoms with van der Waals surface area (Å²) in [5.41, 5.74) is 4.27. The average molecular weight is 545 g/mol. The second kappa shape index (κ2) is 9.62. The highest BCUT2D eigenvalue weighted by Gasteiger charge is 2.35. The Bertz CT molecular complexity index is 1680. The Kier molecular flexibility index (Phi) is 6.46. The number of allylic oxidation sites excluding steroid dienone is 4. The van der Waals surface area contributed by atoms with Gasteiger partial charge >= 0.3 is 0 Å². The molecule has 9 heteroatoms. The zero-order valence-electron chi connectivity index (χ0n) is 19.6. The molecule has 0 unspecified atom stereocenters. The Morgan fingerprint density at radius 3 is 0.974 bits per heavy atom. The first-order valence-electron chi connectivity index (χ1n) is 11.4. The van der Waals surface area contributed by atoms with Gasteiger partial charge in [0.1, 0.15) is 0 Å². The van der Waals surface area contributed by atoms with E-state index in [0.29, 0.717) is 33.4 Å². The van der Waals surface area contributed by atoms with Crippen LogP contribution >= 0.6 is 0 Å². The van der Waals surface area contributed by atoms with E-state index in [1.165, 1.54) is 48.5 Å². The third kappa shape index (κ3) is 4.75. The van der Waals surface area contributed by atoms with E-state index in [1.54, 1.807) is 0 Å². The van der Waals surface area contributed by atoms with E-state index in [4.69, 9.17) is 0 Å². The number of rotatable bonds is 6. The van der Waals surface area contributed by atoms with Gasteiger partial charge in [-0.05, 0) is 46.5 Å². The van der Waals surface area contributed by atoms with Gasteiger partial charge < -0.3 is 0 Å². The molecule has 7 nitrogen and oxygen atoms in total. The topological polar surface area (TPSA) is 126 Å². The van der Waals surface area contributed by atoms with Crippen LogP contribution in [0.25, 0.3) is 22.3 Å². The highest BCUT2D eigenvalue weighted by Crippen LogP contribution is 2.49. The van der Waals surface area contributed by atoms with Crippen molar-refractivity contribution in [2.75, 3.05) is 0 Å². The highest BCUT2D eigenvalue weighted by molar-refractivity contribution is 7.86. The Hall–Kier alpha value is -4.15. The molecule has 0 bridgehead atoms. The molecule has 0 fully saturated rings. The number of Topliss-reactive ketones (excluding diaryl/α,β-unsaturated/α-hetero) is 1. The minimum absolute atomic E-state index is 0.300. The third-order valence-corrected chi connectivity index (χ3v) is 7.95. The maximum absolute atomic E-state index is 14.2. The molecule has 0 aromatic heterocycles. The molecule has 4 aromatic carbocycles. The van der Waals surface area contributed by atoms with E-state index >= 15 is 0 Å². The second-order valence-corrected chi connectivity index (χ2v) is 11.4. The summed E-state index contributed by atoms with van der Waals surface area (Å²) in [4.78, 5) is 13.6. The monoisotopic (exact) mass is 544 g/mol. The zero-order valence-corrected chi connectivity index (χ0v) is 21.3. The molecule has 0 saturated carbocycles. The predicted octanol–water partition coefficient (Wildman–Crippen LogP) is 5.28. The molecule has 1 aliphatic carbocycles. The van der Waals surface area contributed by atoms with Gasteiger partial charge in [0.25, 0.3) is 20.2 Å². The van der Waals surface area contributed by atoms with Crippen LogP contribution in [-0.2, 0) is 25.0 Å². The summed E-state index contributed by atoms with van der Waals surface area (Å²) in [6.45, 7) is 0. The lowest BCUT2D eigenvalue weighted by Gasteiger charge is -2.13. The van der Waals surface area contributed by atoms with Crippen molar-refractivity contribution in [3.8, 4) is 0 Å². The standard InChI is InChI=1S/C29H20O7S2/c30-29-27(21-11-15-23(16-12-21)37(31,32)33)25(19-7-3-1-4-8-19)26(20-9-5-2-6-10-20)28(29)22-13-17-24(18-14-22)38(34,35)36/h1-18H,(H,31,32,33)(H,34,35,36). The highest BCUT2D eigenvalue weighted by atomic mass is 32.2. The fourth-order valence-corrected chi connectivity index (χ4v) is 5.49. The van der Waals surface area contributed by atoms with E-state index in [0.717, 1.165) is 11.1 Å². The van der Waals surface area contributed by atoms with Crippen LogP contribution in [0.2, 0.25) is 0 Å². The number of benzene rings is 4. The molecule has 190 valence electrons. The fourth-order valence-electron chi connectivity index (χ4n) is 4.53. The van der Waals surface area contributed by atoms with Crippen molar-refractivity contribution in [2.24, 2.45) is 0 Å². The molecule has 0 radical (unpaired) electrons. The lowest BCUT2D eigenvalue weighted by Crippen LogP contribution is -2.04. The molecule has 2 N–H and O–H groups in total. The first-order valence-corrected chi connectivity index (χ1v) is 14.2. The van der Waals surface area contributed by atoms with Crippen LogP contribution in [-0.4, -0.2) is 31.7 Å². The van der Waals surface area contributed by atoms with Crippen LogP contribution in [0.5, 0.6) is 0 Å². The first kappa shape index (κ1) is 25.5. The number of hydrogen-bond donors (Lipinski definition) is 2. The molecule has 4 aromatic rings. The second-order valence-electron chi connectivity index (χ2n) is 8.56. The van der Waals surface area contributed by atoms with E-state index < -0.39 is 20.2 Å². The van der Waals surface area contributed by atoms with Gasteiger partial charge in [0.15, 0.2) is 5.78 Å². The van der Waals surface area contributed by atoms with Crippen LogP contribution in [0.1, 0.15) is 22.3 Å². The number of carbonyl (C=O) groups is 1. The minimum atomic E-state index is -4.43. The van der Waals surface area contributed by atoms with Crippen LogP contribution < -0.4 is 0 Å². The summed E-state index contributed by atoms with van der Waals surface area (Å²) >= 11 is 0. The quantitative estimate of drug-likeness (QED) is 0.316. The van der Waals surface area contributed by atoms with Gasteiger partial charge in [-0.1, -0.05) is 84.9 Å². The lowest BCUT2D eigenvalue weighted by atomic mass is 9.89. The maximum atomic E-state index is 14.2. The average Bonchev–Trinajstić information content (AvgIpc) is 3.21. The third-order valence-electron chi connectivity index (χ3n) is 6.21. The van der Waals surface area contributed by atoms with Crippen molar-refractivity contribution in [1.29, 1.82) is 0 Å². The molecule has 0 atom stereocenters. The van der Waals surface area contributed by atoms with Crippen molar-refractivity contribution in [1.82, 2.24) is 0 Å². The fraction of sp³-hybridized carbons (Fsp3) is 0. The molecular formula is C29H20O7S2. The van der Waals surface area contributed by atoms with Gasteiger partial charge in [-0.25, -0.2) is 0 Å². The first-order chi connectivity index (χ1) is 18.1. The molecule has 0 saturated heterocycles. The summed E-state index contributed by atoms with van der Waals surface area (Å²) < 4.78 is 65.2. The molecule has 5 rings (SSSR count). The van der Waals surface area contributed by atoms with Crippen LogP contribution in [0.4, 0.5) is 0 Å². The predicted molar refractivity (Wildman–Crippen MR) is 144 cm³/mol. The molecule has 0 amide bonds. The van der Waals surface area contributed by atoms with Gasteiger partial charge in [0, 0.05) is 22.3 Å². The Morgan fingerprint density at radius 1 is 0.395 bits per heavy atom. The van der Waals surface area contributed by atoms with Crippen molar-refractivity contribution in [3.63, 3.8) is 0 Å². The lowest BCUT2D eigenvalue weighted by molar-refractivity contribution is -0.108. The van der Waals surface area contributed by atoms with Gasteiger partial charge in [0.05, 0.1) is 9.79 Å². The molecule has 38 heavy (non-hydrogen) atoms. The largest absolute Gasteiger partial charge is 0.294 e. The number of carbonyl (C=O) groups excluding carboxylic acids is 1. The van der Waals surface area contributed by atoms with Crippen LogP contribution in [0.3, 0.4) is 0 Å². The Labute approximate surface area is 219 Å². The zero-order chi connectivity index (χ0) is 27.1. The van der Waals surface area contributed by atoms with Gasteiger partial charge in [-0.2, -0.15) is 16.8 Å². The van der Waals surface area contributed by atoms with Crippen molar-refractivity contribution >= 4 is 48.3 Å². The smallest absolute Gasteiger partial charge is 0.289 e. The SMILES string of the molecule is O=C1C(c2ccc(S(=O)(=O)O)cc2)=C(c2ccccc2)C(c2ccccc2)=C1c1ccc(S(=O)(=O)O)cc1. The van der Waals surface area contributed by atoms with Crippen LogP contribution in [0, 0.1) is 0 Å². The summed E-state index contributed by atoms with van der Waals surface area (Å²) in [5.74, 6) is -0.345. The normalized spacial score (nSPS) is 14.3.